The molecule has 0 aromatic carbocycles. The molecule has 0 aliphatic carbocycles. The summed E-state index contributed by atoms with van der Waals surface area (Å²) in [6, 6.07) is -1.02. The molecule has 1 heterocycles. The van der Waals surface area contributed by atoms with Crippen LogP contribution in [0.2, 0.25) is 0 Å². The van der Waals surface area contributed by atoms with Crippen LogP contribution in [0.25, 0.3) is 0 Å². The highest BCUT2D eigenvalue weighted by Crippen LogP contribution is 2.12. The van der Waals surface area contributed by atoms with E-state index in [1.165, 1.54) is 23.6 Å². The van der Waals surface area contributed by atoms with Gasteiger partial charge < -0.3 is 20.2 Å². The summed E-state index contributed by atoms with van der Waals surface area (Å²) >= 11 is 0. The van der Waals surface area contributed by atoms with Gasteiger partial charge in [0, 0.05) is 33.0 Å². The number of hydrogen-bond donors (Lipinski definition) is 2. The number of hydrogen-bond acceptors (Lipinski definition) is 4. The van der Waals surface area contributed by atoms with E-state index >= 15 is 0 Å². The lowest BCUT2D eigenvalue weighted by molar-refractivity contribution is -0.151. The molecule has 0 saturated carbocycles. The molecule has 0 aromatic heterocycles. The molecule has 0 radical (unpaired) electrons. The van der Waals surface area contributed by atoms with Crippen LogP contribution in [0.15, 0.2) is 0 Å². The van der Waals surface area contributed by atoms with Gasteiger partial charge in [-0.25, -0.2) is 4.79 Å². The zero-order chi connectivity index (χ0) is 18.1. The minimum atomic E-state index is -1.12. The zero-order valence-electron chi connectivity index (χ0n) is 14.4. The molecule has 1 atom stereocenters. The maximum atomic E-state index is 12.5. The summed E-state index contributed by atoms with van der Waals surface area (Å²) in [6.07, 6.45) is 4.14. The van der Waals surface area contributed by atoms with Gasteiger partial charge in [0.2, 0.25) is 17.7 Å². The van der Waals surface area contributed by atoms with E-state index in [0.29, 0.717) is 13.0 Å². The van der Waals surface area contributed by atoms with E-state index in [-0.39, 0.29) is 31.4 Å². The first kappa shape index (κ1) is 19.9. The first-order chi connectivity index (χ1) is 11.3. The number of carboxylic acids is 1. The van der Waals surface area contributed by atoms with Crippen molar-refractivity contribution < 1.29 is 24.3 Å². The van der Waals surface area contributed by atoms with Crippen molar-refractivity contribution in [1.82, 2.24) is 15.1 Å². The van der Waals surface area contributed by atoms with Crippen molar-refractivity contribution in [1.29, 1.82) is 0 Å². The van der Waals surface area contributed by atoms with Crippen molar-refractivity contribution in [3.63, 3.8) is 0 Å². The molecule has 1 rings (SSSR count). The van der Waals surface area contributed by atoms with E-state index in [2.05, 4.69) is 5.32 Å². The van der Waals surface area contributed by atoms with Gasteiger partial charge in [-0.15, -0.1) is 0 Å². The standard InChI is InChI=1S/C16H27N3O5/c1-12(16(23)24)19(10-8-17-13(2)20)15(22)11-18-9-6-4-3-5-7-14(18)21/h12H,3-11H2,1-2H3,(H,17,20)(H,23,24). The number of nitrogens with one attached hydrogen (secondary N) is 1. The predicted octanol–water partition coefficient (Wildman–Crippen LogP) is 0.217. The Labute approximate surface area is 142 Å². The molecule has 24 heavy (non-hydrogen) atoms. The highest BCUT2D eigenvalue weighted by Gasteiger charge is 2.28. The number of aliphatic carboxylic acids is 1. The maximum absolute atomic E-state index is 12.5. The average molecular weight is 341 g/mol. The number of likely N-dealkylation sites (tertiary alicyclic amines) is 1. The van der Waals surface area contributed by atoms with E-state index in [1.807, 2.05) is 0 Å². The van der Waals surface area contributed by atoms with E-state index in [1.54, 1.807) is 0 Å². The average Bonchev–Trinajstić information content (AvgIpc) is 2.50. The summed E-state index contributed by atoms with van der Waals surface area (Å²) < 4.78 is 0. The van der Waals surface area contributed by atoms with Crippen molar-refractivity contribution in [2.45, 2.75) is 52.0 Å². The third-order valence-corrected chi connectivity index (χ3v) is 4.12. The number of nitrogens with zero attached hydrogens (tertiary/aromatic N) is 2. The molecule has 1 aliphatic rings. The Kier molecular flexibility index (Phi) is 8.21. The second kappa shape index (κ2) is 9.89. The van der Waals surface area contributed by atoms with Crippen molar-refractivity contribution in [3.8, 4) is 0 Å². The van der Waals surface area contributed by atoms with Crippen LogP contribution in [0.5, 0.6) is 0 Å². The fraction of sp³-hybridized carbons (Fsp3) is 0.750. The van der Waals surface area contributed by atoms with Gasteiger partial charge in [0.1, 0.15) is 6.04 Å². The van der Waals surface area contributed by atoms with Gasteiger partial charge in [-0.1, -0.05) is 12.8 Å². The first-order valence-corrected chi connectivity index (χ1v) is 8.37. The third kappa shape index (κ3) is 6.55. The van der Waals surface area contributed by atoms with Crippen LogP contribution in [0.3, 0.4) is 0 Å². The number of carbonyl (C=O) groups excluding carboxylic acids is 3. The molecule has 1 fully saturated rings. The summed E-state index contributed by atoms with van der Waals surface area (Å²) in [7, 11) is 0. The second-order valence-corrected chi connectivity index (χ2v) is 6.06. The number of amides is 3. The van der Waals surface area contributed by atoms with E-state index in [9.17, 15) is 24.3 Å². The smallest absolute Gasteiger partial charge is 0.326 e. The third-order valence-electron chi connectivity index (χ3n) is 4.12. The highest BCUT2D eigenvalue weighted by atomic mass is 16.4. The predicted molar refractivity (Wildman–Crippen MR) is 87.2 cm³/mol. The summed E-state index contributed by atoms with van der Waals surface area (Å²) in [6.45, 7) is 3.44. The molecular formula is C16H27N3O5. The second-order valence-electron chi connectivity index (χ2n) is 6.06. The van der Waals surface area contributed by atoms with Gasteiger partial charge in [-0.2, -0.15) is 0 Å². The van der Waals surface area contributed by atoms with Gasteiger partial charge in [-0.3, -0.25) is 14.4 Å². The summed E-state index contributed by atoms with van der Waals surface area (Å²) in [5, 5.41) is 11.7. The number of rotatable bonds is 7. The van der Waals surface area contributed by atoms with Crippen LogP contribution in [0.1, 0.15) is 46.0 Å². The van der Waals surface area contributed by atoms with Crippen LogP contribution >= 0.6 is 0 Å². The summed E-state index contributed by atoms with van der Waals surface area (Å²) in [5.41, 5.74) is 0. The topological polar surface area (TPSA) is 107 Å². The van der Waals surface area contributed by atoms with Crippen molar-refractivity contribution in [2.75, 3.05) is 26.2 Å². The SMILES string of the molecule is CC(=O)NCCN(C(=O)CN1CCCCCCC1=O)C(C)C(=O)O. The van der Waals surface area contributed by atoms with Crippen LogP contribution in [0.4, 0.5) is 0 Å². The zero-order valence-corrected chi connectivity index (χ0v) is 14.4. The minimum absolute atomic E-state index is 0.0622. The molecular weight excluding hydrogens is 314 g/mol. The molecule has 0 aromatic rings. The van der Waals surface area contributed by atoms with Crippen molar-refractivity contribution in [3.05, 3.63) is 0 Å². The molecule has 3 amide bonds. The van der Waals surface area contributed by atoms with Crippen LogP contribution in [-0.4, -0.2) is 70.8 Å². The Hall–Kier alpha value is -2.12. The van der Waals surface area contributed by atoms with Gasteiger partial charge in [0.05, 0.1) is 6.54 Å². The molecule has 0 bridgehead atoms. The maximum Gasteiger partial charge on any atom is 0.326 e. The summed E-state index contributed by atoms with van der Waals surface area (Å²) in [4.78, 5) is 49.5. The van der Waals surface area contributed by atoms with E-state index < -0.39 is 17.9 Å². The molecule has 1 aliphatic heterocycles. The molecule has 1 unspecified atom stereocenters. The first-order valence-electron chi connectivity index (χ1n) is 8.37. The molecule has 136 valence electrons. The molecule has 1 saturated heterocycles. The molecule has 8 heteroatoms. The lowest BCUT2D eigenvalue weighted by atomic mass is 10.1. The number of carbonyl (C=O) groups is 4. The quantitative estimate of drug-likeness (QED) is 0.689. The van der Waals surface area contributed by atoms with Gasteiger partial charge in [0.15, 0.2) is 0 Å². The highest BCUT2D eigenvalue weighted by molar-refractivity contribution is 5.88. The Morgan fingerprint density at radius 1 is 1.25 bits per heavy atom. The largest absolute Gasteiger partial charge is 0.480 e. The fourth-order valence-electron chi connectivity index (χ4n) is 2.66. The van der Waals surface area contributed by atoms with Gasteiger partial charge >= 0.3 is 5.97 Å². The van der Waals surface area contributed by atoms with Gasteiger partial charge in [-0.05, 0) is 19.8 Å². The van der Waals surface area contributed by atoms with Crippen molar-refractivity contribution in [2.24, 2.45) is 0 Å². The minimum Gasteiger partial charge on any atom is -0.480 e. The van der Waals surface area contributed by atoms with E-state index in [4.69, 9.17) is 0 Å². The van der Waals surface area contributed by atoms with Crippen molar-refractivity contribution >= 4 is 23.7 Å². The lowest BCUT2D eigenvalue weighted by Gasteiger charge is -2.30. The Bertz CT molecular complexity index is 480. The summed E-state index contributed by atoms with van der Waals surface area (Å²) in [5.74, 6) is -1.84. The Morgan fingerprint density at radius 3 is 2.54 bits per heavy atom. The Balaban J connectivity index is 2.72. The fourth-order valence-corrected chi connectivity index (χ4v) is 2.66. The van der Waals surface area contributed by atoms with E-state index in [0.717, 1.165) is 25.7 Å². The monoisotopic (exact) mass is 341 g/mol. The van der Waals surface area contributed by atoms with Crippen LogP contribution < -0.4 is 5.32 Å². The molecule has 0 spiro atoms. The lowest BCUT2D eigenvalue weighted by Crippen LogP contribution is -2.51. The molecule has 2 N–H and O–H groups in total. The normalized spacial score (nSPS) is 16.8. The van der Waals surface area contributed by atoms with Crippen LogP contribution in [0, 0.1) is 0 Å². The number of carboxylic acid groups (broad SMARTS) is 1. The molecule has 8 nitrogen and oxygen atoms in total. The van der Waals surface area contributed by atoms with Gasteiger partial charge in [0.25, 0.3) is 0 Å². The van der Waals surface area contributed by atoms with Crippen LogP contribution in [-0.2, 0) is 19.2 Å². The Morgan fingerprint density at radius 2 is 1.92 bits per heavy atom.